The minimum Gasteiger partial charge on any atom is -0.436 e. The zero-order valence-corrected chi connectivity index (χ0v) is 5.73. The van der Waals surface area contributed by atoms with Gasteiger partial charge in [0.25, 0.3) is 0 Å². The molecule has 1 amide bonds. The van der Waals surface area contributed by atoms with E-state index < -0.39 is 5.30 Å². The predicted octanol–water partition coefficient (Wildman–Crippen LogP) is 0.189. The Labute approximate surface area is 56.9 Å². The molecule has 0 unspecified atom stereocenters. The summed E-state index contributed by atoms with van der Waals surface area (Å²) < 4.78 is 4.41. The van der Waals surface area contributed by atoms with Crippen LogP contribution in [0.4, 0.5) is 4.79 Å². The Balaban J connectivity index is 3.06. The lowest BCUT2D eigenvalue weighted by molar-refractivity contribution is -0.110. The summed E-state index contributed by atoms with van der Waals surface area (Å²) in [5, 5.41) is 1.78. The third-order valence-electron chi connectivity index (χ3n) is 0.523. The summed E-state index contributed by atoms with van der Waals surface area (Å²) >= 11 is 0.958. The lowest BCUT2D eigenvalue weighted by Crippen LogP contribution is -2.16. The van der Waals surface area contributed by atoms with E-state index in [1.54, 1.807) is 6.26 Å². The van der Waals surface area contributed by atoms with Crippen molar-refractivity contribution in [1.82, 2.24) is 5.32 Å². The molecule has 0 aliphatic carbocycles. The molecule has 0 aromatic carbocycles. The van der Waals surface area contributed by atoms with Gasteiger partial charge in [-0.25, -0.2) is 4.79 Å². The number of rotatable bonds is 3. The molecule has 4 nitrogen and oxygen atoms in total. The fourth-order valence-corrected chi connectivity index (χ4v) is 0.370. The van der Waals surface area contributed by atoms with Gasteiger partial charge in [-0.1, -0.05) is 0 Å². The largest absolute Gasteiger partial charge is 0.436 e. The van der Waals surface area contributed by atoms with Crippen LogP contribution in [0.1, 0.15) is 0 Å². The van der Waals surface area contributed by atoms with Gasteiger partial charge in [-0.2, -0.15) is 0 Å². The molecular formula is C4H7NO3S. The molecule has 0 saturated carbocycles. The summed E-state index contributed by atoms with van der Waals surface area (Å²) in [4.78, 5) is 19.8. The smallest absolute Gasteiger partial charge is 0.368 e. The van der Waals surface area contributed by atoms with Crippen molar-refractivity contribution in [2.24, 2.45) is 0 Å². The van der Waals surface area contributed by atoms with E-state index in [4.69, 9.17) is 0 Å². The molecule has 0 aromatic heterocycles. The van der Waals surface area contributed by atoms with Crippen LogP contribution < -0.4 is 5.32 Å². The molecule has 5 heteroatoms. The van der Waals surface area contributed by atoms with E-state index >= 15 is 0 Å². The van der Waals surface area contributed by atoms with Crippen LogP contribution in [0.25, 0.3) is 0 Å². The first-order chi connectivity index (χ1) is 4.31. The molecule has 0 radical (unpaired) electrons. The van der Waals surface area contributed by atoms with Crippen LogP contribution in [0.5, 0.6) is 0 Å². The van der Waals surface area contributed by atoms with Gasteiger partial charge in [-0.05, 0) is 18.0 Å². The van der Waals surface area contributed by atoms with Crippen LogP contribution in [0.15, 0.2) is 0 Å². The highest BCUT2D eigenvalue weighted by atomic mass is 32.2. The second-order valence-corrected chi connectivity index (χ2v) is 1.81. The van der Waals surface area contributed by atoms with E-state index in [1.807, 2.05) is 0 Å². The second kappa shape index (κ2) is 5.43. The van der Waals surface area contributed by atoms with Gasteiger partial charge in [0.1, 0.15) is 0 Å². The van der Waals surface area contributed by atoms with Gasteiger partial charge < -0.3 is 10.1 Å². The van der Waals surface area contributed by atoms with Gasteiger partial charge in [-0.3, -0.25) is 4.79 Å². The van der Waals surface area contributed by atoms with Crippen LogP contribution in [-0.2, 0) is 9.53 Å². The van der Waals surface area contributed by atoms with Crippen molar-refractivity contribution in [3.05, 3.63) is 0 Å². The number of thioether (sulfide) groups is 1. The van der Waals surface area contributed by atoms with Crippen LogP contribution in [0.3, 0.4) is 0 Å². The molecule has 0 aliphatic heterocycles. The van der Waals surface area contributed by atoms with Crippen LogP contribution in [0, 0.1) is 0 Å². The van der Waals surface area contributed by atoms with Crippen molar-refractivity contribution in [2.45, 2.75) is 0 Å². The Morgan fingerprint density at radius 1 is 1.89 bits per heavy atom. The van der Waals surface area contributed by atoms with Crippen LogP contribution in [0.2, 0.25) is 0 Å². The summed E-state index contributed by atoms with van der Waals surface area (Å²) in [5.74, 6) is 0. The Morgan fingerprint density at radius 3 is 3.00 bits per heavy atom. The maximum absolute atomic E-state index is 10.3. The van der Waals surface area contributed by atoms with Crippen molar-refractivity contribution in [3.8, 4) is 0 Å². The normalized spacial score (nSPS) is 8.11. The van der Waals surface area contributed by atoms with E-state index in [9.17, 15) is 9.59 Å². The molecule has 0 atom stereocenters. The molecule has 0 saturated heterocycles. The first kappa shape index (κ1) is 8.29. The average Bonchev–Trinajstić information content (AvgIpc) is 1.89. The molecule has 52 valence electrons. The maximum atomic E-state index is 10.3. The van der Waals surface area contributed by atoms with Gasteiger partial charge in [-0.15, -0.1) is 0 Å². The van der Waals surface area contributed by atoms with E-state index in [-0.39, 0.29) is 6.73 Å². The molecule has 0 spiro atoms. The molecule has 0 bridgehead atoms. The standard InChI is InChI=1S/C4H7NO3S/c1-9-4(7)8-3-5-2-6/h2H,3H2,1H3,(H,5,6). The number of hydrogen-bond donors (Lipinski definition) is 1. The van der Waals surface area contributed by atoms with Crippen LogP contribution >= 0.6 is 11.8 Å². The number of hydrogen-bond acceptors (Lipinski definition) is 4. The average molecular weight is 149 g/mol. The molecule has 0 aromatic rings. The Morgan fingerprint density at radius 2 is 2.56 bits per heavy atom. The lowest BCUT2D eigenvalue weighted by atomic mass is 11.1. The van der Waals surface area contributed by atoms with Gasteiger partial charge in [0.05, 0.1) is 0 Å². The van der Waals surface area contributed by atoms with Gasteiger partial charge in [0.15, 0.2) is 6.73 Å². The highest BCUT2D eigenvalue weighted by Crippen LogP contribution is 1.96. The molecule has 0 heterocycles. The van der Waals surface area contributed by atoms with Crippen molar-refractivity contribution in [2.75, 3.05) is 13.0 Å². The summed E-state index contributed by atoms with van der Waals surface area (Å²) in [6, 6.07) is 0. The van der Waals surface area contributed by atoms with E-state index in [0.717, 1.165) is 11.8 Å². The molecule has 1 N–H and O–H groups in total. The van der Waals surface area contributed by atoms with Crippen molar-refractivity contribution in [1.29, 1.82) is 0 Å². The monoisotopic (exact) mass is 149 g/mol. The third kappa shape index (κ3) is 5.16. The summed E-state index contributed by atoms with van der Waals surface area (Å²) in [7, 11) is 0. The van der Waals surface area contributed by atoms with Crippen LogP contribution in [-0.4, -0.2) is 24.7 Å². The highest BCUT2D eigenvalue weighted by molar-refractivity contribution is 8.12. The predicted molar refractivity (Wildman–Crippen MR) is 34.1 cm³/mol. The molecule has 0 fully saturated rings. The number of ether oxygens (including phenoxy) is 1. The second-order valence-electron chi connectivity index (χ2n) is 1.06. The summed E-state index contributed by atoms with van der Waals surface area (Å²) in [6.07, 6.45) is 2.07. The SMILES string of the molecule is CSC(=O)OCNC=O. The minimum absolute atomic E-state index is 0.0524. The molecule has 9 heavy (non-hydrogen) atoms. The van der Waals surface area contributed by atoms with Crippen molar-refractivity contribution in [3.63, 3.8) is 0 Å². The van der Waals surface area contributed by atoms with E-state index in [0.29, 0.717) is 6.41 Å². The molecule has 0 aliphatic rings. The fourth-order valence-electron chi connectivity index (χ4n) is 0.194. The zero-order valence-electron chi connectivity index (χ0n) is 4.92. The maximum Gasteiger partial charge on any atom is 0.368 e. The van der Waals surface area contributed by atoms with Gasteiger partial charge >= 0.3 is 5.30 Å². The fraction of sp³-hybridized carbons (Fsp3) is 0.500. The summed E-state index contributed by atoms with van der Waals surface area (Å²) in [5.41, 5.74) is 0. The highest BCUT2D eigenvalue weighted by Gasteiger charge is 1.94. The number of nitrogens with one attached hydrogen (secondary N) is 1. The first-order valence-corrected chi connectivity index (χ1v) is 3.41. The zero-order chi connectivity index (χ0) is 7.11. The number of amides is 1. The molecular weight excluding hydrogens is 142 g/mol. The Hall–Kier alpha value is -0.710. The number of carbonyl (C=O) groups is 2. The molecule has 0 rings (SSSR count). The topological polar surface area (TPSA) is 55.4 Å². The third-order valence-corrected chi connectivity index (χ3v) is 0.975. The minimum atomic E-state index is -0.399. The number of carbonyl (C=O) groups excluding carboxylic acids is 2. The van der Waals surface area contributed by atoms with Crippen molar-refractivity contribution >= 4 is 23.5 Å². The lowest BCUT2D eigenvalue weighted by Gasteiger charge is -1.98. The van der Waals surface area contributed by atoms with Crippen molar-refractivity contribution < 1.29 is 14.3 Å². The van der Waals surface area contributed by atoms with Gasteiger partial charge in [0.2, 0.25) is 6.41 Å². The quantitative estimate of drug-likeness (QED) is 0.269. The summed E-state index contributed by atoms with van der Waals surface area (Å²) in [6.45, 7) is -0.0524. The van der Waals surface area contributed by atoms with E-state index in [1.165, 1.54) is 0 Å². The Bertz CT molecular complexity index is 106. The van der Waals surface area contributed by atoms with E-state index in [2.05, 4.69) is 10.1 Å². The van der Waals surface area contributed by atoms with Gasteiger partial charge in [0, 0.05) is 0 Å². The first-order valence-electron chi connectivity index (χ1n) is 2.19. The Kier molecular flexibility index (Phi) is 5.00.